The maximum atomic E-state index is 13.4. The average Bonchev–Trinajstić information content (AvgIpc) is 2.99. The van der Waals surface area contributed by atoms with Crippen molar-refractivity contribution in [1.29, 1.82) is 0 Å². The van der Waals surface area contributed by atoms with E-state index in [9.17, 15) is 27.6 Å². The first-order valence-electron chi connectivity index (χ1n) is 7.46. The van der Waals surface area contributed by atoms with Crippen LogP contribution in [-0.4, -0.2) is 37.1 Å². The Labute approximate surface area is 140 Å². The summed E-state index contributed by atoms with van der Waals surface area (Å²) in [6, 6.07) is 2.51. The zero-order valence-electron chi connectivity index (χ0n) is 13.4. The number of Topliss-reactive ketones (excluding diaryl/α,β-unsaturated/α-hetero) is 1. The third-order valence-corrected chi connectivity index (χ3v) is 3.63. The Hall–Kier alpha value is -2.58. The molecule has 0 aromatic carbocycles. The van der Waals surface area contributed by atoms with Gasteiger partial charge in [0.25, 0.3) is 0 Å². The molecule has 2 atom stereocenters. The van der Waals surface area contributed by atoms with Crippen molar-refractivity contribution in [3.8, 4) is 0 Å². The van der Waals surface area contributed by atoms with Gasteiger partial charge in [0.2, 0.25) is 5.78 Å². The lowest BCUT2D eigenvalue weighted by atomic mass is 9.65. The number of carbonyl (C=O) groups is 3. The molecule has 0 bridgehead atoms. The van der Waals surface area contributed by atoms with Crippen LogP contribution in [0.3, 0.4) is 0 Å². The number of hydrogen-bond acceptors (Lipinski definition) is 6. The number of ether oxygens (including phenoxy) is 2. The van der Waals surface area contributed by atoms with Gasteiger partial charge in [0, 0.05) is 0 Å². The van der Waals surface area contributed by atoms with Crippen LogP contribution in [0, 0.1) is 11.8 Å². The molecule has 2 rings (SSSR count). The minimum absolute atomic E-state index is 0.117. The average molecular weight is 360 g/mol. The third kappa shape index (κ3) is 3.45. The van der Waals surface area contributed by atoms with Gasteiger partial charge in [-0.1, -0.05) is 0 Å². The Bertz CT molecular complexity index is 702. The number of ketones is 1. The molecular weight excluding hydrogens is 345 g/mol. The van der Waals surface area contributed by atoms with Crippen LogP contribution in [-0.2, 0) is 19.1 Å². The molecule has 0 radical (unpaired) electrons. The van der Waals surface area contributed by atoms with E-state index in [1.165, 1.54) is 26.0 Å². The zero-order valence-corrected chi connectivity index (χ0v) is 13.4. The number of carbonyl (C=O) groups excluding carboxylic acids is 3. The first kappa shape index (κ1) is 18.8. The van der Waals surface area contributed by atoms with Gasteiger partial charge in [-0.2, -0.15) is 13.2 Å². The van der Waals surface area contributed by atoms with Crippen molar-refractivity contribution in [3.05, 3.63) is 35.3 Å². The normalized spacial score (nSPS) is 20.0. The lowest BCUT2D eigenvalue weighted by Crippen LogP contribution is -2.49. The van der Waals surface area contributed by atoms with E-state index in [-0.39, 0.29) is 19.0 Å². The van der Waals surface area contributed by atoms with Crippen molar-refractivity contribution in [2.75, 3.05) is 13.2 Å². The smallest absolute Gasteiger partial charge is 0.414 e. The minimum Gasteiger partial charge on any atom is -0.465 e. The highest BCUT2D eigenvalue weighted by molar-refractivity contribution is 6.09. The Morgan fingerprint density at radius 3 is 2.24 bits per heavy atom. The van der Waals surface area contributed by atoms with Crippen molar-refractivity contribution >= 4 is 17.7 Å². The molecule has 1 aromatic heterocycles. The summed E-state index contributed by atoms with van der Waals surface area (Å²) in [4.78, 5) is 36.4. The monoisotopic (exact) mass is 360 g/mol. The molecule has 136 valence electrons. The number of rotatable bonds is 6. The van der Waals surface area contributed by atoms with E-state index >= 15 is 0 Å². The van der Waals surface area contributed by atoms with E-state index in [0.29, 0.717) is 0 Å². The highest BCUT2D eigenvalue weighted by Crippen LogP contribution is 2.51. The van der Waals surface area contributed by atoms with Crippen LogP contribution >= 0.6 is 0 Å². The van der Waals surface area contributed by atoms with Gasteiger partial charge in [0.05, 0.1) is 36.5 Å². The molecule has 0 unspecified atom stereocenters. The van der Waals surface area contributed by atoms with Gasteiger partial charge < -0.3 is 13.9 Å². The van der Waals surface area contributed by atoms with Crippen molar-refractivity contribution in [2.24, 2.45) is 11.8 Å². The fourth-order valence-electron chi connectivity index (χ4n) is 2.69. The molecule has 9 heteroatoms. The van der Waals surface area contributed by atoms with Gasteiger partial charge in [-0.15, -0.1) is 0 Å². The van der Waals surface area contributed by atoms with E-state index in [1.54, 1.807) is 0 Å². The summed E-state index contributed by atoms with van der Waals surface area (Å²) < 4.78 is 54.5. The Morgan fingerprint density at radius 2 is 1.76 bits per heavy atom. The maximum absolute atomic E-state index is 13.4. The van der Waals surface area contributed by atoms with Crippen LogP contribution in [0.5, 0.6) is 0 Å². The first-order chi connectivity index (χ1) is 11.7. The second kappa shape index (κ2) is 7.12. The number of halogens is 3. The molecule has 1 aliphatic rings. The fourth-order valence-corrected chi connectivity index (χ4v) is 2.69. The molecule has 6 nitrogen and oxygen atoms in total. The molecule has 0 N–H and O–H groups in total. The highest BCUT2D eigenvalue weighted by Gasteiger charge is 2.61. The first-order valence-corrected chi connectivity index (χ1v) is 7.46. The second-order valence-corrected chi connectivity index (χ2v) is 5.09. The number of allylic oxidation sites excluding steroid dienone is 1. The number of esters is 2. The molecule has 1 aliphatic carbocycles. The van der Waals surface area contributed by atoms with Crippen molar-refractivity contribution in [3.63, 3.8) is 0 Å². The third-order valence-electron chi connectivity index (χ3n) is 3.63. The van der Waals surface area contributed by atoms with Gasteiger partial charge in [0.1, 0.15) is 5.92 Å². The minimum atomic E-state index is -4.99. The summed E-state index contributed by atoms with van der Waals surface area (Å²) in [5.41, 5.74) is -2.29. The second-order valence-electron chi connectivity index (χ2n) is 5.09. The molecule has 0 aliphatic heterocycles. The summed E-state index contributed by atoms with van der Waals surface area (Å²) >= 11 is 0. The van der Waals surface area contributed by atoms with Crippen LogP contribution in [0.25, 0.3) is 0 Å². The molecule has 0 saturated carbocycles. The highest BCUT2D eigenvalue weighted by atomic mass is 19.4. The topological polar surface area (TPSA) is 82.8 Å². The fraction of sp³-hybridized carbons (Fsp3) is 0.438. The van der Waals surface area contributed by atoms with E-state index in [2.05, 4.69) is 4.74 Å². The van der Waals surface area contributed by atoms with Crippen molar-refractivity contribution in [1.82, 2.24) is 0 Å². The number of furan rings is 1. The SMILES string of the molecule is CCOC(=O)C1=C(C(F)(F)F)[C@H](C(=O)c2ccco2)[C@H]1C(=O)OCC. The van der Waals surface area contributed by atoms with Crippen LogP contribution in [0.2, 0.25) is 0 Å². The van der Waals surface area contributed by atoms with Gasteiger partial charge in [-0.05, 0) is 26.0 Å². The maximum Gasteiger partial charge on any atom is 0.414 e. The van der Waals surface area contributed by atoms with Crippen LogP contribution < -0.4 is 0 Å². The van der Waals surface area contributed by atoms with Gasteiger partial charge in [-0.3, -0.25) is 9.59 Å². The van der Waals surface area contributed by atoms with Crippen molar-refractivity contribution in [2.45, 2.75) is 20.0 Å². The summed E-state index contributed by atoms with van der Waals surface area (Å²) in [7, 11) is 0. The number of hydrogen-bond donors (Lipinski definition) is 0. The lowest BCUT2D eigenvalue weighted by molar-refractivity contribution is -0.157. The number of alkyl halides is 3. The van der Waals surface area contributed by atoms with E-state index in [1.807, 2.05) is 0 Å². The van der Waals surface area contributed by atoms with Gasteiger partial charge in [0.15, 0.2) is 5.76 Å². The van der Waals surface area contributed by atoms with Crippen molar-refractivity contribution < 1.29 is 41.4 Å². The lowest BCUT2D eigenvalue weighted by Gasteiger charge is -2.38. The van der Waals surface area contributed by atoms with Gasteiger partial charge in [-0.25, -0.2) is 4.79 Å². The largest absolute Gasteiger partial charge is 0.465 e. The van der Waals surface area contributed by atoms with Crippen LogP contribution in [0.4, 0.5) is 13.2 Å². The van der Waals surface area contributed by atoms with E-state index in [0.717, 1.165) is 6.26 Å². The zero-order chi connectivity index (χ0) is 18.8. The molecule has 1 heterocycles. The van der Waals surface area contributed by atoms with Gasteiger partial charge >= 0.3 is 18.1 Å². The Balaban J connectivity index is 2.54. The van der Waals surface area contributed by atoms with E-state index in [4.69, 9.17) is 9.15 Å². The van der Waals surface area contributed by atoms with E-state index < -0.39 is 46.9 Å². The molecule has 1 aromatic rings. The predicted molar refractivity (Wildman–Crippen MR) is 76.4 cm³/mol. The molecule has 0 saturated heterocycles. The molecule has 0 amide bonds. The molecule has 0 fully saturated rings. The molecule has 25 heavy (non-hydrogen) atoms. The standard InChI is InChI=1S/C16H15F3O6/c1-3-23-14(21)9-10(13(20)8-6-5-7-25-8)12(16(17,18)19)11(9)15(22)24-4-2/h5-7,9-10H,3-4H2,1-2H3/t9-,10-/m1/s1. The summed E-state index contributed by atoms with van der Waals surface area (Å²) in [5, 5.41) is 0. The molecule has 0 spiro atoms. The van der Waals surface area contributed by atoms with Crippen LogP contribution in [0.15, 0.2) is 34.0 Å². The molecular formula is C16H15F3O6. The van der Waals surface area contributed by atoms with Crippen LogP contribution in [0.1, 0.15) is 24.4 Å². The Kier molecular flexibility index (Phi) is 5.34. The Morgan fingerprint density at radius 1 is 1.12 bits per heavy atom. The predicted octanol–water partition coefficient (Wildman–Crippen LogP) is 2.69. The summed E-state index contributed by atoms with van der Waals surface area (Å²) in [6.07, 6.45) is -3.87. The summed E-state index contributed by atoms with van der Waals surface area (Å²) in [5.74, 6) is -7.38. The quantitative estimate of drug-likeness (QED) is 0.573. The summed E-state index contributed by atoms with van der Waals surface area (Å²) in [6.45, 7) is 2.57.